The van der Waals surface area contributed by atoms with Crippen molar-refractivity contribution in [3.63, 3.8) is 0 Å². The number of ether oxygens (including phenoxy) is 2. The van der Waals surface area contributed by atoms with E-state index in [1.807, 2.05) is 25.3 Å². The highest BCUT2D eigenvalue weighted by Crippen LogP contribution is 2.28. The van der Waals surface area contributed by atoms with Crippen molar-refractivity contribution in [1.82, 2.24) is 4.98 Å². The van der Waals surface area contributed by atoms with Gasteiger partial charge in [0.15, 0.2) is 6.17 Å². The molecule has 0 unspecified atom stereocenters. The number of pyridine rings is 1. The molecule has 4 nitrogen and oxygen atoms in total. The first-order valence-electron chi connectivity index (χ1n) is 13.1. The molecule has 1 aliphatic carbocycles. The molecule has 1 aromatic heterocycles. The third-order valence-electron chi connectivity index (χ3n) is 6.67. The standard InChI is InChI=1S/C29H40FNO3/c1-3-5-7-8-22-12-19-28(31-20-22)24-13-17-25(18-14-24)33-21-23-10-15-26(16-11-23)34-29(32)27(30)9-6-4-2/h12-14,17-20,23,26-27H,3-11,15-16,21H2,1-2H3/t23?,26?,27-/m0/s1. The molecular formula is C29H40FNO3. The number of hydrogen-bond acceptors (Lipinski definition) is 4. The van der Waals surface area contributed by atoms with Gasteiger partial charge in [0.2, 0.25) is 0 Å². The van der Waals surface area contributed by atoms with Crippen molar-refractivity contribution < 1.29 is 18.7 Å². The summed E-state index contributed by atoms with van der Waals surface area (Å²) < 4.78 is 25.2. The largest absolute Gasteiger partial charge is 0.493 e. The monoisotopic (exact) mass is 469 g/mol. The number of unbranched alkanes of at least 4 members (excludes halogenated alkanes) is 3. The van der Waals surface area contributed by atoms with E-state index in [0.717, 1.165) is 55.5 Å². The van der Waals surface area contributed by atoms with Gasteiger partial charge in [0.1, 0.15) is 11.9 Å². The summed E-state index contributed by atoms with van der Waals surface area (Å²) >= 11 is 0. The van der Waals surface area contributed by atoms with Gasteiger partial charge in [-0.05, 0) is 86.8 Å². The predicted octanol–water partition coefficient (Wildman–Crippen LogP) is 7.49. The molecule has 0 N–H and O–H groups in total. The minimum atomic E-state index is -1.48. The van der Waals surface area contributed by atoms with Gasteiger partial charge in [-0.25, -0.2) is 9.18 Å². The van der Waals surface area contributed by atoms with E-state index in [9.17, 15) is 9.18 Å². The molecule has 2 aromatic rings. The number of halogens is 1. The topological polar surface area (TPSA) is 48.4 Å². The number of hydrogen-bond donors (Lipinski definition) is 0. The molecule has 0 aliphatic heterocycles. The average Bonchev–Trinajstić information content (AvgIpc) is 2.87. The van der Waals surface area contributed by atoms with Crippen LogP contribution >= 0.6 is 0 Å². The predicted molar refractivity (Wildman–Crippen MR) is 135 cm³/mol. The van der Waals surface area contributed by atoms with Crippen LogP contribution < -0.4 is 4.74 Å². The Morgan fingerprint density at radius 1 is 1.00 bits per heavy atom. The maximum Gasteiger partial charge on any atom is 0.340 e. The maximum atomic E-state index is 13.8. The van der Waals surface area contributed by atoms with Crippen molar-refractivity contribution in [2.24, 2.45) is 5.92 Å². The highest BCUT2D eigenvalue weighted by molar-refractivity contribution is 5.74. The van der Waals surface area contributed by atoms with E-state index in [1.165, 1.54) is 24.8 Å². The first-order chi connectivity index (χ1) is 16.6. The lowest BCUT2D eigenvalue weighted by Gasteiger charge is -2.28. The second-order valence-corrected chi connectivity index (χ2v) is 9.53. The van der Waals surface area contributed by atoms with Crippen molar-refractivity contribution in [3.8, 4) is 17.0 Å². The Morgan fingerprint density at radius 2 is 1.74 bits per heavy atom. The van der Waals surface area contributed by atoms with Crippen LogP contribution in [0.15, 0.2) is 42.6 Å². The molecule has 0 bridgehead atoms. The smallest absolute Gasteiger partial charge is 0.340 e. The summed E-state index contributed by atoms with van der Waals surface area (Å²) in [5.41, 5.74) is 3.35. The van der Waals surface area contributed by atoms with E-state index in [2.05, 4.69) is 36.2 Å². The van der Waals surface area contributed by atoms with Gasteiger partial charge >= 0.3 is 5.97 Å². The Morgan fingerprint density at radius 3 is 2.38 bits per heavy atom. The maximum absolute atomic E-state index is 13.8. The third kappa shape index (κ3) is 8.41. The summed E-state index contributed by atoms with van der Waals surface area (Å²) in [5.74, 6) is 0.594. The fourth-order valence-corrected chi connectivity index (χ4v) is 4.41. The van der Waals surface area contributed by atoms with Crippen molar-refractivity contribution in [3.05, 3.63) is 48.2 Å². The summed E-state index contributed by atoms with van der Waals surface area (Å²) in [6.07, 6.45) is 10.4. The molecule has 0 saturated heterocycles. The molecule has 1 fully saturated rings. The summed E-state index contributed by atoms with van der Waals surface area (Å²) in [4.78, 5) is 16.5. The lowest BCUT2D eigenvalue weighted by Crippen LogP contribution is -2.30. The Labute approximate surface area is 204 Å². The van der Waals surface area contributed by atoms with E-state index >= 15 is 0 Å². The van der Waals surface area contributed by atoms with Gasteiger partial charge in [-0.1, -0.05) is 45.6 Å². The second kappa shape index (κ2) is 14.1. The van der Waals surface area contributed by atoms with Gasteiger partial charge in [0.05, 0.1) is 12.3 Å². The number of carbonyl (C=O) groups excluding carboxylic acids is 1. The van der Waals surface area contributed by atoms with Gasteiger partial charge in [0.25, 0.3) is 0 Å². The molecule has 1 aliphatic rings. The normalized spacial score (nSPS) is 18.9. The van der Waals surface area contributed by atoms with Crippen LogP contribution in [-0.4, -0.2) is 29.8 Å². The minimum absolute atomic E-state index is 0.159. The number of benzene rings is 1. The van der Waals surface area contributed by atoms with Gasteiger partial charge in [-0.15, -0.1) is 0 Å². The van der Waals surface area contributed by atoms with E-state index in [-0.39, 0.29) is 12.5 Å². The van der Waals surface area contributed by atoms with Gasteiger partial charge in [-0.3, -0.25) is 4.98 Å². The molecule has 1 saturated carbocycles. The van der Waals surface area contributed by atoms with E-state index in [1.54, 1.807) is 0 Å². The molecule has 0 amide bonds. The molecule has 5 heteroatoms. The van der Waals surface area contributed by atoms with Gasteiger partial charge in [-0.2, -0.15) is 0 Å². The van der Waals surface area contributed by atoms with Crippen LogP contribution in [0, 0.1) is 5.92 Å². The Balaban J connectivity index is 1.38. The molecule has 1 atom stereocenters. The quantitative estimate of drug-likeness (QED) is 0.225. The lowest BCUT2D eigenvalue weighted by molar-refractivity contribution is -0.157. The van der Waals surface area contributed by atoms with Crippen LogP contribution in [-0.2, 0) is 16.0 Å². The van der Waals surface area contributed by atoms with Crippen molar-refractivity contribution >= 4 is 5.97 Å². The zero-order chi connectivity index (χ0) is 24.2. The molecule has 34 heavy (non-hydrogen) atoms. The zero-order valence-electron chi connectivity index (χ0n) is 20.8. The van der Waals surface area contributed by atoms with Crippen molar-refractivity contribution in [1.29, 1.82) is 0 Å². The van der Waals surface area contributed by atoms with Crippen LogP contribution in [0.5, 0.6) is 5.75 Å². The third-order valence-corrected chi connectivity index (χ3v) is 6.67. The van der Waals surface area contributed by atoms with Crippen LogP contribution in [0.1, 0.15) is 83.6 Å². The highest BCUT2D eigenvalue weighted by Gasteiger charge is 2.27. The summed E-state index contributed by atoms with van der Waals surface area (Å²) in [6, 6.07) is 12.4. The highest BCUT2D eigenvalue weighted by atomic mass is 19.1. The van der Waals surface area contributed by atoms with Crippen LogP contribution in [0.2, 0.25) is 0 Å². The summed E-state index contributed by atoms with van der Waals surface area (Å²) in [7, 11) is 0. The van der Waals surface area contributed by atoms with Crippen molar-refractivity contribution in [2.45, 2.75) is 96.8 Å². The molecule has 1 aromatic carbocycles. The Hall–Kier alpha value is -2.43. The van der Waals surface area contributed by atoms with Crippen LogP contribution in [0.3, 0.4) is 0 Å². The molecule has 186 valence electrons. The Kier molecular flexibility index (Phi) is 10.8. The number of esters is 1. The summed E-state index contributed by atoms with van der Waals surface area (Å²) in [5, 5.41) is 0. The molecule has 3 rings (SSSR count). The molecular weight excluding hydrogens is 429 g/mol. The summed E-state index contributed by atoms with van der Waals surface area (Å²) in [6.45, 7) is 4.85. The minimum Gasteiger partial charge on any atom is -0.493 e. The van der Waals surface area contributed by atoms with Gasteiger partial charge < -0.3 is 9.47 Å². The van der Waals surface area contributed by atoms with Crippen LogP contribution in [0.25, 0.3) is 11.3 Å². The van der Waals surface area contributed by atoms with Crippen molar-refractivity contribution in [2.75, 3.05) is 6.61 Å². The van der Waals surface area contributed by atoms with Gasteiger partial charge in [0, 0.05) is 11.8 Å². The van der Waals surface area contributed by atoms with E-state index in [4.69, 9.17) is 9.47 Å². The lowest BCUT2D eigenvalue weighted by atomic mass is 9.88. The number of alkyl halides is 1. The number of aromatic nitrogens is 1. The average molecular weight is 470 g/mol. The first kappa shape index (κ1) is 26.2. The first-order valence-corrected chi connectivity index (χ1v) is 13.1. The Bertz CT molecular complexity index is 845. The zero-order valence-corrected chi connectivity index (χ0v) is 20.8. The number of rotatable bonds is 13. The van der Waals surface area contributed by atoms with E-state index in [0.29, 0.717) is 18.9 Å². The number of carbonyl (C=O) groups is 1. The van der Waals surface area contributed by atoms with Crippen LogP contribution in [0.4, 0.5) is 4.39 Å². The number of nitrogens with zero attached hydrogens (tertiary/aromatic N) is 1. The fraction of sp³-hybridized carbons (Fsp3) is 0.586. The molecule has 0 radical (unpaired) electrons. The fourth-order valence-electron chi connectivity index (χ4n) is 4.41. The second-order valence-electron chi connectivity index (χ2n) is 9.53. The van der Waals surface area contributed by atoms with E-state index < -0.39 is 12.1 Å². The molecule has 1 heterocycles. The SMILES string of the molecule is CCCCCc1ccc(-c2ccc(OCC3CCC(OC(=O)[C@@H](F)CCCC)CC3)cc2)nc1. The number of aryl methyl sites for hydroxylation is 1. The molecule has 0 spiro atoms.